The fraction of sp³-hybridized carbons (Fsp3) is 0.235. The molecular weight excluding hydrogens is 252 g/mol. The third kappa shape index (κ3) is 1.70. The van der Waals surface area contributed by atoms with Crippen LogP contribution < -0.4 is 9.47 Å². The molecule has 0 spiro atoms. The number of fused-ring (bicyclic) bond motifs is 2. The van der Waals surface area contributed by atoms with Gasteiger partial charge in [-0.25, -0.2) is 0 Å². The molecule has 4 rings (SSSR count). The van der Waals surface area contributed by atoms with E-state index in [1.54, 1.807) is 0 Å². The molecule has 3 nitrogen and oxygen atoms in total. The van der Waals surface area contributed by atoms with E-state index < -0.39 is 0 Å². The Morgan fingerprint density at radius 2 is 1.85 bits per heavy atom. The highest BCUT2D eigenvalue weighted by Crippen LogP contribution is 2.38. The monoisotopic (exact) mass is 266 g/mol. The van der Waals surface area contributed by atoms with Gasteiger partial charge in [0.2, 0.25) is 6.79 Å². The standard InChI is InChI=1S/C17H14O3/c18-17-13-4-2-1-3-11(13)5-7-14(17)12-6-8-15-16(9-12)20-10-19-15/h1-4,6,8-9,14H,5,7,10H2. The van der Waals surface area contributed by atoms with Gasteiger partial charge < -0.3 is 9.47 Å². The molecule has 0 aromatic heterocycles. The number of hydrogen-bond donors (Lipinski definition) is 0. The molecule has 0 radical (unpaired) electrons. The molecule has 0 fully saturated rings. The first kappa shape index (κ1) is 11.5. The molecule has 0 saturated carbocycles. The second-order valence-corrected chi connectivity index (χ2v) is 5.23. The Labute approximate surface area is 117 Å². The summed E-state index contributed by atoms with van der Waals surface area (Å²) >= 11 is 0. The smallest absolute Gasteiger partial charge is 0.231 e. The Balaban J connectivity index is 1.72. The molecule has 1 heterocycles. The zero-order chi connectivity index (χ0) is 13.5. The first-order chi connectivity index (χ1) is 9.83. The number of aryl methyl sites for hydroxylation is 1. The van der Waals surface area contributed by atoms with E-state index in [1.807, 2.05) is 42.5 Å². The first-order valence-corrected chi connectivity index (χ1v) is 6.84. The van der Waals surface area contributed by atoms with Crippen LogP contribution >= 0.6 is 0 Å². The van der Waals surface area contributed by atoms with Gasteiger partial charge in [-0.05, 0) is 36.1 Å². The van der Waals surface area contributed by atoms with Crippen molar-refractivity contribution in [3.05, 3.63) is 59.2 Å². The lowest BCUT2D eigenvalue weighted by Crippen LogP contribution is -2.20. The maximum Gasteiger partial charge on any atom is 0.231 e. The fourth-order valence-electron chi connectivity index (χ4n) is 3.05. The van der Waals surface area contributed by atoms with Gasteiger partial charge in [-0.3, -0.25) is 4.79 Å². The van der Waals surface area contributed by atoms with Crippen LogP contribution in [0.5, 0.6) is 11.5 Å². The van der Waals surface area contributed by atoms with Crippen molar-refractivity contribution < 1.29 is 14.3 Å². The summed E-state index contributed by atoms with van der Waals surface area (Å²) < 4.78 is 10.7. The average molecular weight is 266 g/mol. The van der Waals surface area contributed by atoms with Gasteiger partial charge in [-0.1, -0.05) is 30.3 Å². The van der Waals surface area contributed by atoms with E-state index >= 15 is 0 Å². The topological polar surface area (TPSA) is 35.5 Å². The molecule has 2 aromatic carbocycles. The van der Waals surface area contributed by atoms with E-state index in [1.165, 1.54) is 0 Å². The van der Waals surface area contributed by atoms with Crippen molar-refractivity contribution in [1.82, 2.24) is 0 Å². The number of Topliss-reactive ketones (excluding diaryl/α,β-unsaturated/α-hetero) is 1. The molecule has 0 N–H and O–H groups in total. The van der Waals surface area contributed by atoms with Gasteiger partial charge in [0, 0.05) is 11.5 Å². The number of hydrogen-bond acceptors (Lipinski definition) is 3. The summed E-state index contributed by atoms with van der Waals surface area (Å²) in [7, 11) is 0. The molecule has 2 aromatic rings. The summed E-state index contributed by atoms with van der Waals surface area (Å²) in [6.07, 6.45) is 1.80. The van der Waals surface area contributed by atoms with Crippen LogP contribution in [-0.4, -0.2) is 12.6 Å². The second kappa shape index (κ2) is 4.37. The predicted molar refractivity (Wildman–Crippen MR) is 74.4 cm³/mol. The molecule has 2 aliphatic rings. The maximum absolute atomic E-state index is 12.6. The molecule has 20 heavy (non-hydrogen) atoms. The van der Waals surface area contributed by atoms with Crippen LogP contribution in [0.3, 0.4) is 0 Å². The van der Waals surface area contributed by atoms with Gasteiger partial charge >= 0.3 is 0 Å². The van der Waals surface area contributed by atoms with Crippen LogP contribution in [0.15, 0.2) is 42.5 Å². The van der Waals surface area contributed by atoms with Gasteiger partial charge in [-0.15, -0.1) is 0 Å². The Bertz CT molecular complexity index is 690. The SMILES string of the molecule is O=C1c2ccccc2CCC1c1ccc2c(c1)OCO2. The molecule has 100 valence electrons. The summed E-state index contributed by atoms with van der Waals surface area (Å²) in [5.41, 5.74) is 3.05. The molecule has 1 atom stereocenters. The quantitative estimate of drug-likeness (QED) is 0.794. The van der Waals surface area contributed by atoms with Crippen molar-refractivity contribution in [2.45, 2.75) is 18.8 Å². The van der Waals surface area contributed by atoms with Crippen LogP contribution in [0.25, 0.3) is 0 Å². The van der Waals surface area contributed by atoms with Gasteiger partial charge in [0.1, 0.15) is 0 Å². The third-order valence-corrected chi connectivity index (χ3v) is 4.10. The summed E-state index contributed by atoms with van der Waals surface area (Å²) in [5, 5.41) is 0. The Hall–Kier alpha value is -2.29. The molecule has 1 aliphatic carbocycles. The predicted octanol–water partition coefficient (Wildman–Crippen LogP) is 3.33. The van der Waals surface area contributed by atoms with Crippen molar-refractivity contribution in [2.75, 3.05) is 6.79 Å². The Morgan fingerprint density at radius 1 is 1.00 bits per heavy atom. The molecule has 1 unspecified atom stereocenters. The minimum absolute atomic E-state index is 0.0700. The largest absolute Gasteiger partial charge is 0.454 e. The van der Waals surface area contributed by atoms with Gasteiger partial charge in [0.15, 0.2) is 17.3 Å². The molecule has 0 amide bonds. The second-order valence-electron chi connectivity index (χ2n) is 5.23. The van der Waals surface area contributed by atoms with E-state index in [-0.39, 0.29) is 18.5 Å². The van der Waals surface area contributed by atoms with Gasteiger partial charge in [0.05, 0.1) is 0 Å². The molecule has 0 saturated heterocycles. The van der Waals surface area contributed by atoms with Crippen LogP contribution in [0, 0.1) is 0 Å². The van der Waals surface area contributed by atoms with E-state index in [0.29, 0.717) is 0 Å². The normalized spacial score (nSPS) is 19.8. The van der Waals surface area contributed by atoms with E-state index in [0.717, 1.165) is 41.0 Å². The summed E-state index contributed by atoms with van der Waals surface area (Å²) in [6, 6.07) is 13.7. The zero-order valence-electron chi connectivity index (χ0n) is 11.0. The number of benzene rings is 2. The highest BCUT2D eigenvalue weighted by molar-refractivity contribution is 6.03. The Kier molecular flexibility index (Phi) is 2.52. The van der Waals surface area contributed by atoms with Crippen molar-refractivity contribution in [3.8, 4) is 11.5 Å². The van der Waals surface area contributed by atoms with Gasteiger partial charge in [-0.2, -0.15) is 0 Å². The van der Waals surface area contributed by atoms with Crippen LogP contribution in [0.1, 0.15) is 33.8 Å². The van der Waals surface area contributed by atoms with Crippen LogP contribution in [0.4, 0.5) is 0 Å². The number of ether oxygens (including phenoxy) is 2. The molecular formula is C17H14O3. The van der Waals surface area contributed by atoms with Crippen molar-refractivity contribution >= 4 is 5.78 Å². The van der Waals surface area contributed by atoms with E-state index in [9.17, 15) is 4.79 Å². The molecule has 0 bridgehead atoms. The van der Waals surface area contributed by atoms with Gasteiger partial charge in [0.25, 0.3) is 0 Å². The number of ketones is 1. The van der Waals surface area contributed by atoms with Crippen molar-refractivity contribution in [2.24, 2.45) is 0 Å². The van der Waals surface area contributed by atoms with Crippen molar-refractivity contribution in [3.63, 3.8) is 0 Å². The summed E-state index contributed by atoms with van der Waals surface area (Å²) in [4.78, 5) is 12.6. The third-order valence-electron chi connectivity index (χ3n) is 4.10. The highest BCUT2D eigenvalue weighted by atomic mass is 16.7. The minimum atomic E-state index is -0.0700. The van der Waals surface area contributed by atoms with Crippen LogP contribution in [-0.2, 0) is 6.42 Å². The first-order valence-electron chi connectivity index (χ1n) is 6.84. The van der Waals surface area contributed by atoms with Crippen molar-refractivity contribution in [1.29, 1.82) is 0 Å². The number of rotatable bonds is 1. The lowest BCUT2D eigenvalue weighted by atomic mass is 9.79. The zero-order valence-corrected chi connectivity index (χ0v) is 11.0. The molecule has 1 aliphatic heterocycles. The lowest BCUT2D eigenvalue weighted by Gasteiger charge is -2.23. The number of carbonyl (C=O) groups excluding carboxylic acids is 1. The summed E-state index contributed by atoms with van der Waals surface area (Å²) in [5.74, 6) is 1.65. The maximum atomic E-state index is 12.6. The lowest BCUT2D eigenvalue weighted by molar-refractivity contribution is 0.0946. The molecule has 3 heteroatoms. The summed E-state index contributed by atoms with van der Waals surface area (Å²) in [6.45, 7) is 0.264. The van der Waals surface area contributed by atoms with E-state index in [4.69, 9.17) is 9.47 Å². The minimum Gasteiger partial charge on any atom is -0.454 e. The van der Waals surface area contributed by atoms with Crippen LogP contribution in [0.2, 0.25) is 0 Å². The average Bonchev–Trinajstić information content (AvgIpc) is 2.95. The highest BCUT2D eigenvalue weighted by Gasteiger charge is 2.29. The fourth-order valence-corrected chi connectivity index (χ4v) is 3.05. The van der Waals surface area contributed by atoms with E-state index in [2.05, 4.69) is 0 Å². The number of carbonyl (C=O) groups is 1. The Morgan fingerprint density at radius 3 is 2.80 bits per heavy atom.